The van der Waals surface area contributed by atoms with Gasteiger partial charge in [0.1, 0.15) is 17.3 Å². The van der Waals surface area contributed by atoms with Gasteiger partial charge in [-0.1, -0.05) is 0 Å². The number of ether oxygens (including phenoxy) is 1. The van der Waals surface area contributed by atoms with E-state index >= 15 is 0 Å². The highest BCUT2D eigenvalue weighted by atomic mass is 19.1. The Labute approximate surface area is 102 Å². The highest BCUT2D eigenvalue weighted by Crippen LogP contribution is 2.25. The van der Waals surface area contributed by atoms with Crippen molar-refractivity contribution >= 4 is 5.97 Å². The molecule has 0 amide bonds. The predicted octanol–water partition coefficient (Wildman–Crippen LogP) is 3.14. The molecule has 0 aliphatic heterocycles. The van der Waals surface area contributed by atoms with Gasteiger partial charge in [0.05, 0.1) is 6.61 Å². The van der Waals surface area contributed by atoms with E-state index in [9.17, 15) is 13.6 Å². The van der Waals surface area contributed by atoms with Crippen LogP contribution in [-0.2, 0) is 4.74 Å². The topological polar surface area (TPSA) is 42.1 Å². The number of aromatic nitrogens is 1. The second-order valence-electron chi connectivity index (χ2n) is 3.64. The first-order chi connectivity index (χ1) is 8.61. The Morgan fingerprint density at radius 2 is 1.94 bits per heavy atom. The molecule has 0 unspecified atom stereocenters. The Hall–Kier alpha value is -2.17. The number of rotatable bonds is 3. The fourth-order valence-corrected chi connectivity index (χ4v) is 1.69. The van der Waals surface area contributed by atoms with Gasteiger partial charge in [0, 0.05) is 17.8 Å². The van der Waals surface area contributed by atoms with Crippen molar-refractivity contribution in [3.05, 3.63) is 47.8 Å². The molecule has 0 aliphatic carbocycles. The Balaban J connectivity index is 2.45. The Morgan fingerprint density at radius 3 is 2.56 bits per heavy atom. The number of carbonyl (C=O) groups excluding carboxylic acids is 1. The van der Waals surface area contributed by atoms with Gasteiger partial charge >= 0.3 is 5.97 Å². The largest absolute Gasteiger partial charge is 0.461 e. The third-order valence-electron chi connectivity index (χ3n) is 2.40. The molecule has 1 N–H and O–H groups in total. The molecule has 2 rings (SSSR count). The Bertz CT molecular complexity index is 558. The summed E-state index contributed by atoms with van der Waals surface area (Å²) in [4.78, 5) is 14.3. The predicted molar refractivity (Wildman–Crippen MR) is 62.1 cm³/mol. The molecule has 1 aromatic heterocycles. The second kappa shape index (κ2) is 5.00. The van der Waals surface area contributed by atoms with Crippen molar-refractivity contribution in [2.75, 3.05) is 6.61 Å². The molecule has 0 bridgehead atoms. The van der Waals surface area contributed by atoms with Gasteiger partial charge in [0.15, 0.2) is 0 Å². The number of benzene rings is 1. The minimum Gasteiger partial charge on any atom is -0.461 e. The number of esters is 1. The summed E-state index contributed by atoms with van der Waals surface area (Å²) in [6.07, 6.45) is 1.52. The Kier molecular flexibility index (Phi) is 3.41. The molecule has 1 aromatic carbocycles. The maximum Gasteiger partial charge on any atom is 0.355 e. The monoisotopic (exact) mass is 251 g/mol. The minimum absolute atomic E-state index is 0.182. The van der Waals surface area contributed by atoms with Gasteiger partial charge in [-0.2, -0.15) is 0 Å². The van der Waals surface area contributed by atoms with E-state index in [1.54, 1.807) is 13.0 Å². The highest BCUT2D eigenvalue weighted by Gasteiger charge is 2.16. The first-order valence-electron chi connectivity index (χ1n) is 5.42. The molecule has 3 nitrogen and oxygen atoms in total. The van der Waals surface area contributed by atoms with Gasteiger partial charge in [-0.3, -0.25) is 0 Å². The average molecular weight is 251 g/mol. The molecule has 94 valence electrons. The molecule has 0 spiro atoms. The zero-order chi connectivity index (χ0) is 13.1. The van der Waals surface area contributed by atoms with E-state index < -0.39 is 17.6 Å². The van der Waals surface area contributed by atoms with Gasteiger partial charge in [-0.25, -0.2) is 13.6 Å². The van der Waals surface area contributed by atoms with Crippen LogP contribution in [0.15, 0.2) is 30.5 Å². The molecule has 0 aliphatic rings. The van der Waals surface area contributed by atoms with Gasteiger partial charge in [-0.05, 0) is 30.7 Å². The molecule has 0 fully saturated rings. The van der Waals surface area contributed by atoms with E-state index in [0.717, 1.165) is 18.2 Å². The Morgan fingerprint density at radius 1 is 1.28 bits per heavy atom. The van der Waals surface area contributed by atoms with Crippen molar-refractivity contribution in [1.29, 1.82) is 0 Å². The highest BCUT2D eigenvalue weighted by molar-refractivity contribution is 5.95. The van der Waals surface area contributed by atoms with Crippen LogP contribution < -0.4 is 0 Å². The van der Waals surface area contributed by atoms with E-state index in [2.05, 4.69) is 4.98 Å². The van der Waals surface area contributed by atoms with Crippen LogP contribution in [0.25, 0.3) is 11.1 Å². The SMILES string of the molecule is CCOC(=O)c1[nH]ccc1-c1cc(F)cc(F)c1. The third kappa shape index (κ3) is 2.40. The van der Waals surface area contributed by atoms with Crippen molar-refractivity contribution in [2.24, 2.45) is 0 Å². The van der Waals surface area contributed by atoms with Crippen LogP contribution in [-0.4, -0.2) is 17.6 Å². The first-order valence-corrected chi connectivity index (χ1v) is 5.42. The summed E-state index contributed by atoms with van der Waals surface area (Å²) >= 11 is 0. The zero-order valence-corrected chi connectivity index (χ0v) is 9.67. The molecule has 0 saturated heterocycles. The quantitative estimate of drug-likeness (QED) is 0.851. The summed E-state index contributed by atoms with van der Waals surface area (Å²) in [5.41, 5.74) is 0.880. The number of halogens is 2. The normalized spacial score (nSPS) is 10.4. The number of hydrogen-bond donors (Lipinski definition) is 1. The van der Waals surface area contributed by atoms with Gasteiger partial charge in [0.25, 0.3) is 0 Å². The molecule has 1 heterocycles. The summed E-state index contributed by atoms with van der Waals surface area (Å²) in [6, 6.07) is 4.67. The first kappa shape index (κ1) is 12.3. The summed E-state index contributed by atoms with van der Waals surface area (Å²) < 4.78 is 31.1. The van der Waals surface area contributed by atoms with Gasteiger partial charge in [0.2, 0.25) is 0 Å². The summed E-state index contributed by atoms with van der Waals surface area (Å²) in [5.74, 6) is -1.94. The summed E-state index contributed by atoms with van der Waals surface area (Å²) in [5, 5.41) is 0. The zero-order valence-electron chi connectivity index (χ0n) is 9.67. The lowest BCUT2D eigenvalue weighted by Crippen LogP contribution is -2.06. The minimum atomic E-state index is -0.694. The number of nitrogens with one attached hydrogen (secondary N) is 1. The average Bonchev–Trinajstić information content (AvgIpc) is 2.76. The van der Waals surface area contributed by atoms with Gasteiger partial charge < -0.3 is 9.72 Å². The van der Waals surface area contributed by atoms with Crippen molar-refractivity contribution in [1.82, 2.24) is 4.98 Å². The van der Waals surface area contributed by atoms with E-state index in [0.29, 0.717) is 5.56 Å². The number of carbonyl (C=O) groups is 1. The van der Waals surface area contributed by atoms with Crippen molar-refractivity contribution in [3.8, 4) is 11.1 Å². The lowest BCUT2D eigenvalue weighted by Gasteiger charge is -2.04. The molecule has 0 saturated carbocycles. The van der Waals surface area contributed by atoms with Crippen LogP contribution in [0.2, 0.25) is 0 Å². The van der Waals surface area contributed by atoms with Crippen LogP contribution in [0.3, 0.4) is 0 Å². The molecule has 0 radical (unpaired) electrons. The molecular weight excluding hydrogens is 240 g/mol. The molecule has 0 atom stereocenters. The maximum absolute atomic E-state index is 13.1. The smallest absolute Gasteiger partial charge is 0.355 e. The molecular formula is C13H11F2NO2. The number of hydrogen-bond acceptors (Lipinski definition) is 2. The van der Waals surface area contributed by atoms with Gasteiger partial charge in [-0.15, -0.1) is 0 Å². The van der Waals surface area contributed by atoms with Crippen LogP contribution >= 0.6 is 0 Å². The second-order valence-corrected chi connectivity index (χ2v) is 3.64. The van der Waals surface area contributed by atoms with E-state index in [1.807, 2.05) is 0 Å². The van der Waals surface area contributed by atoms with Crippen LogP contribution in [0.1, 0.15) is 17.4 Å². The van der Waals surface area contributed by atoms with E-state index in [4.69, 9.17) is 4.74 Å². The maximum atomic E-state index is 13.1. The van der Waals surface area contributed by atoms with Crippen molar-refractivity contribution in [3.63, 3.8) is 0 Å². The number of H-pyrrole nitrogens is 1. The molecule has 18 heavy (non-hydrogen) atoms. The summed E-state index contributed by atoms with van der Waals surface area (Å²) in [6.45, 7) is 1.91. The summed E-state index contributed by atoms with van der Waals surface area (Å²) in [7, 11) is 0. The fourth-order valence-electron chi connectivity index (χ4n) is 1.69. The van der Waals surface area contributed by atoms with Crippen molar-refractivity contribution < 1.29 is 18.3 Å². The fraction of sp³-hybridized carbons (Fsp3) is 0.154. The lowest BCUT2D eigenvalue weighted by atomic mass is 10.1. The molecule has 5 heteroatoms. The van der Waals surface area contributed by atoms with Crippen LogP contribution in [0.5, 0.6) is 0 Å². The third-order valence-corrected chi connectivity index (χ3v) is 2.40. The van der Waals surface area contributed by atoms with Crippen LogP contribution in [0, 0.1) is 11.6 Å². The molecule has 2 aromatic rings. The number of aromatic amines is 1. The standard InChI is InChI=1S/C13H11F2NO2/c1-2-18-13(17)12-11(3-4-16-12)8-5-9(14)7-10(15)6-8/h3-7,16H,2H2,1H3. The van der Waals surface area contributed by atoms with E-state index in [1.165, 1.54) is 6.20 Å². The lowest BCUT2D eigenvalue weighted by molar-refractivity contribution is 0.0521. The van der Waals surface area contributed by atoms with E-state index in [-0.39, 0.29) is 17.9 Å². The van der Waals surface area contributed by atoms with Crippen molar-refractivity contribution in [2.45, 2.75) is 6.92 Å². The van der Waals surface area contributed by atoms with Crippen LogP contribution in [0.4, 0.5) is 8.78 Å².